The van der Waals surface area contributed by atoms with Crippen molar-refractivity contribution in [3.8, 4) is 0 Å². The highest BCUT2D eigenvalue weighted by Gasteiger charge is 2.25. The molecule has 0 aliphatic rings. The Bertz CT molecular complexity index is 1620. The molecule has 45 heavy (non-hydrogen) atoms. The van der Waals surface area contributed by atoms with E-state index in [4.69, 9.17) is 15.2 Å². The average molecular weight is 647 g/mol. The first-order valence-corrected chi connectivity index (χ1v) is 13.9. The number of rotatable bonds is 7. The van der Waals surface area contributed by atoms with Crippen LogP contribution >= 0.6 is 12.4 Å². The van der Waals surface area contributed by atoms with Crippen molar-refractivity contribution in [2.75, 3.05) is 14.2 Å². The molecule has 0 saturated heterocycles. The van der Waals surface area contributed by atoms with E-state index >= 15 is 0 Å². The van der Waals surface area contributed by atoms with Crippen molar-refractivity contribution in [1.82, 2.24) is 24.9 Å². The molecule has 2 atom stereocenters. The van der Waals surface area contributed by atoms with E-state index in [1.54, 1.807) is 27.0 Å². The van der Waals surface area contributed by atoms with Crippen LogP contribution in [0, 0.1) is 13.8 Å². The fourth-order valence-corrected chi connectivity index (χ4v) is 5.01. The molecule has 13 heteroatoms. The van der Waals surface area contributed by atoms with E-state index in [1.807, 2.05) is 67.8 Å². The van der Waals surface area contributed by atoms with Crippen molar-refractivity contribution < 1.29 is 28.6 Å². The highest BCUT2D eigenvalue weighted by atomic mass is 35.5. The van der Waals surface area contributed by atoms with Gasteiger partial charge < -0.3 is 25.3 Å². The molecule has 0 fully saturated rings. The van der Waals surface area contributed by atoms with Gasteiger partial charge in [-0.2, -0.15) is 10.2 Å². The summed E-state index contributed by atoms with van der Waals surface area (Å²) in [5.41, 5.74) is 11.4. The lowest BCUT2D eigenvalue weighted by Gasteiger charge is -2.22. The van der Waals surface area contributed by atoms with Gasteiger partial charge in [0.1, 0.15) is 17.7 Å². The number of carbonyl (C=O) groups is 3. The molecule has 0 bridgehead atoms. The number of ether oxygens (including phenoxy) is 3. The van der Waals surface area contributed by atoms with Gasteiger partial charge in [-0.05, 0) is 75.4 Å². The first-order chi connectivity index (χ1) is 20.1. The Hall–Kier alpha value is -4.16. The number of methoxy groups -OCH3 is 2. The average Bonchev–Trinajstić information content (AvgIpc) is 3.48. The summed E-state index contributed by atoms with van der Waals surface area (Å²) < 4.78 is 18.3. The summed E-state index contributed by atoms with van der Waals surface area (Å²) in [6.07, 6.45) is 3.72. The Morgan fingerprint density at radius 2 is 1.29 bits per heavy atom. The van der Waals surface area contributed by atoms with Gasteiger partial charge in [0.15, 0.2) is 0 Å². The Morgan fingerprint density at radius 3 is 1.71 bits per heavy atom. The third-order valence-corrected chi connectivity index (χ3v) is 6.74. The molecule has 0 aliphatic heterocycles. The summed E-state index contributed by atoms with van der Waals surface area (Å²) in [7, 11) is 6.44. The molecule has 2 heterocycles. The van der Waals surface area contributed by atoms with Gasteiger partial charge in [-0.1, -0.05) is 19.6 Å². The van der Waals surface area contributed by atoms with Gasteiger partial charge in [0.2, 0.25) is 0 Å². The van der Waals surface area contributed by atoms with Gasteiger partial charge in [0, 0.05) is 31.3 Å². The normalized spacial score (nSPS) is 12.1. The van der Waals surface area contributed by atoms with E-state index in [1.165, 1.54) is 14.2 Å². The third kappa shape index (κ3) is 10.2. The van der Waals surface area contributed by atoms with Crippen molar-refractivity contribution in [2.45, 2.75) is 72.6 Å². The van der Waals surface area contributed by atoms with Gasteiger partial charge in [-0.15, -0.1) is 12.4 Å². The summed E-state index contributed by atoms with van der Waals surface area (Å²) >= 11 is 0. The second-order valence-electron chi connectivity index (χ2n) is 11.5. The topological polar surface area (TPSA) is 153 Å². The van der Waals surface area contributed by atoms with E-state index in [2.05, 4.69) is 20.3 Å². The number of nitrogens with two attached hydrogens (primary N) is 1. The molecule has 3 N–H and O–H groups in total. The lowest BCUT2D eigenvalue weighted by molar-refractivity contribution is -0.143. The molecular weight excluding hydrogens is 600 g/mol. The number of nitrogens with zero attached hydrogens (tertiary/aromatic N) is 4. The maximum absolute atomic E-state index is 12.1. The number of hydrogen-bond donors (Lipinski definition) is 2. The lowest BCUT2D eigenvalue weighted by Crippen LogP contribution is -2.45. The molecule has 0 unspecified atom stereocenters. The van der Waals surface area contributed by atoms with Crippen LogP contribution in [0.3, 0.4) is 0 Å². The minimum atomic E-state index is -0.826. The zero-order valence-electron chi connectivity index (χ0n) is 26.8. The van der Waals surface area contributed by atoms with Gasteiger partial charge in [0.05, 0.1) is 37.6 Å². The molecule has 12 nitrogen and oxygen atoms in total. The molecule has 4 aromatic rings. The molecule has 0 aliphatic carbocycles. The second-order valence-corrected chi connectivity index (χ2v) is 11.5. The number of amides is 1. The van der Waals surface area contributed by atoms with Crippen LogP contribution < -0.4 is 11.1 Å². The number of fused-ring (bicyclic) bond motifs is 2. The summed E-state index contributed by atoms with van der Waals surface area (Å²) in [4.78, 5) is 35.4. The predicted molar refractivity (Wildman–Crippen MR) is 177 cm³/mol. The standard InChI is InChI=1S/C18H25N3O4.C13H17N3O2.CH4.ClH/c1-11-7-12(8-13-10-19-21(5)15(11)13)9-14(16(22)24-6)20-17(23)25-18(2,3)4;1-8-4-9(6-11(14)13(17)18-3)5-10-7-15-16(2)12(8)10;;/h7-8,10,14H,9H2,1-6H3,(H,20,23);4-5,7,11H,6,14H2,1-3H3;1H4;1H/t14-;11-;;/m11../s1. The Kier molecular flexibility index (Phi) is 14.0. The number of alkyl carbamates (subject to hydrolysis) is 1. The van der Waals surface area contributed by atoms with Gasteiger partial charge in [-0.3, -0.25) is 14.2 Å². The zero-order chi connectivity index (χ0) is 32.1. The second kappa shape index (κ2) is 16.2. The van der Waals surface area contributed by atoms with Crippen LogP contribution in [-0.4, -0.2) is 69.5 Å². The molecule has 0 spiro atoms. The molecule has 248 valence electrons. The SMILES string of the molecule is C.COC(=O)[C@@H](Cc1cc(C)c2c(cnn2C)c1)NC(=O)OC(C)(C)C.COC(=O)[C@H](N)Cc1cc(C)c2c(cnn2C)c1.Cl. The largest absolute Gasteiger partial charge is 0.468 e. The van der Waals surface area contributed by atoms with Gasteiger partial charge in [0.25, 0.3) is 0 Å². The highest BCUT2D eigenvalue weighted by molar-refractivity contribution is 5.86. The van der Waals surface area contributed by atoms with Crippen LogP contribution in [0.1, 0.15) is 50.5 Å². The minimum absolute atomic E-state index is 0. The number of hydrogen-bond acceptors (Lipinski definition) is 9. The number of aromatic nitrogens is 4. The van der Waals surface area contributed by atoms with Crippen LogP contribution in [0.25, 0.3) is 21.8 Å². The van der Waals surface area contributed by atoms with Crippen LogP contribution in [-0.2, 0) is 50.7 Å². The van der Waals surface area contributed by atoms with E-state index in [0.717, 1.165) is 44.1 Å². The monoisotopic (exact) mass is 646 g/mol. The molecule has 0 radical (unpaired) electrons. The van der Waals surface area contributed by atoms with E-state index in [9.17, 15) is 14.4 Å². The number of carbonyl (C=O) groups excluding carboxylic acids is 3. The Morgan fingerprint density at radius 1 is 0.844 bits per heavy atom. The lowest BCUT2D eigenvalue weighted by atomic mass is 10.0. The number of esters is 2. The highest BCUT2D eigenvalue weighted by Crippen LogP contribution is 2.22. The Balaban J connectivity index is 0.000000451. The van der Waals surface area contributed by atoms with Crippen molar-refractivity contribution in [1.29, 1.82) is 0 Å². The molecule has 2 aromatic heterocycles. The van der Waals surface area contributed by atoms with Crippen LogP contribution in [0.2, 0.25) is 0 Å². The minimum Gasteiger partial charge on any atom is -0.468 e. The van der Waals surface area contributed by atoms with Crippen molar-refractivity contribution in [2.24, 2.45) is 19.8 Å². The van der Waals surface area contributed by atoms with Crippen molar-refractivity contribution in [3.63, 3.8) is 0 Å². The first kappa shape index (κ1) is 38.9. The van der Waals surface area contributed by atoms with Crippen LogP contribution in [0.15, 0.2) is 36.7 Å². The van der Waals surface area contributed by atoms with Gasteiger partial charge in [-0.25, -0.2) is 9.59 Å². The number of halogens is 1. The number of benzene rings is 2. The fraction of sp³-hybridized carbons (Fsp3) is 0.469. The quantitative estimate of drug-likeness (QED) is 0.219. The number of nitrogens with one attached hydrogen (secondary N) is 1. The van der Waals surface area contributed by atoms with Gasteiger partial charge >= 0.3 is 18.0 Å². The smallest absolute Gasteiger partial charge is 0.408 e. The van der Waals surface area contributed by atoms with E-state index < -0.39 is 29.7 Å². The van der Waals surface area contributed by atoms with E-state index in [-0.39, 0.29) is 25.8 Å². The Labute approximate surface area is 271 Å². The maximum Gasteiger partial charge on any atom is 0.408 e. The maximum atomic E-state index is 12.1. The molecule has 0 saturated carbocycles. The van der Waals surface area contributed by atoms with E-state index in [0.29, 0.717) is 12.8 Å². The number of aryl methyl sites for hydroxylation is 4. The van der Waals surface area contributed by atoms with Crippen LogP contribution in [0.4, 0.5) is 4.79 Å². The molecule has 2 aromatic carbocycles. The predicted octanol–water partition coefficient (Wildman–Crippen LogP) is 4.47. The summed E-state index contributed by atoms with van der Waals surface area (Å²) in [5.74, 6) is -0.909. The molecule has 1 amide bonds. The third-order valence-electron chi connectivity index (χ3n) is 6.74. The molecular formula is C32H47ClN6O6. The summed E-state index contributed by atoms with van der Waals surface area (Å²) in [6.45, 7) is 9.30. The molecule has 4 rings (SSSR count). The summed E-state index contributed by atoms with van der Waals surface area (Å²) in [6, 6.07) is 6.54. The van der Waals surface area contributed by atoms with Crippen LogP contribution in [0.5, 0.6) is 0 Å². The fourth-order valence-electron chi connectivity index (χ4n) is 5.01. The first-order valence-electron chi connectivity index (χ1n) is 13.9. The summed E-state index contributed by atoms with van der Waals surface area (Å²) in [5, 5.41) is 13.1. The van der Waals surface area contributed by atoms with Crippen molar-refractivity contribution in [3.05, 3.63) is 58.9 Å². The van der Waals surface area contributed by atoms with Crippen molar-refractivity contribution >= 4 is 52.2 Å². The zero-order valence-corrected chi connectivity index (χ0v) is 27.6.